The number of carbonyl (C=O) groups excluding carboxylic acids is 1. The quantitative estimate of drug-likeness (QED) is 0.417. The van der Waals surface area contributed by atoms with Crippen molar-refractivity contribution in [2.24, 2.45) is 0 Å². The third kappa shape index (κ3) is 6.84. The van der Waals surface area contributed by atoms with Gasteiger partial charge >= 0.3 is 0 Å². The summed E-state index contributed by atoms with van der Waals surface area (Å²) < 4.78 is 27.6. The summed E-state index contributed by atoms with van der Waals surface area (Å²) in [6.07, 6.45) is 7.83. The van der Waals surface area contributed by atoms with Crippen molar-refractivity contribution in [3.63, 3.8) is 0 Å². The predicted molar refractivity (Wildman–Crippen MR) is 143 cm³/mol. The Hall–Kier alpha value is -3.49. The van der Waals surface area contributed by atoms with Crippen LogP contribution in [0.1, 0.15) is 55.1 Å². The largest absolute Gasteiger partial charge is 0.325 e. The normalized spacial score (nSPS) is 14.4. The van der Waals surface area contributed by atoms with Crippen molar-refractivity contribution in [3.05, 3.63) is 65.1 Å². The van der Waals surface area contributed by atoms with E-state index < -0.39 is 15.3 Å². The highest BCUT2D eigenvalue weighted by Crippen LogP contribution is 2.30. The number of nitrogens with zero attached hydrogens (tertiary/aromatic N) is 4. The number of fused-ring (bicyclic) bond motifs is 1. The summed E-state index contributed by atoms with van der Waals surface area (Å²) >= 11 is 1.25. The molecule has 4 rings (SSSR count). The Kier molecular flexibility index (Phi) is 8.41. The van der Waals surface area contributed by atoms with Gasteiger partial charge in [-0.05, 0) is 81.5 Å². The molecule has 2 aromatic heterocycles. The van der Waals surface area contributed by atoms with E-state index in [9.17, 15) is 18.5 Å². The van der Waals surface area contributed by atoms with Crippen LogP contribution in [0.5, 0.6) is 0 Å². The first-order chi connectivity index (χ1) is 17.7. The van der Waals surface area contributed by atoms with Gasteiger partial charge < -0.3 is 5.32 Å². The number of nitrogens with one attached hydrogen (secondary N) is 2. The van der Waals surface area contributed by atoms with Crippen LogP contribution in [0.2, 0.25) is 0 Å². The van der Waals surface area contributed by atoms with Crippen LogP contribution in [0.3, 0.4) is 0 Å². The molecule has 0 spiro atoms. The van der Waals surface area contributed by atoms with E-state index in [1.165, 1.54) is 55.1 Å². The number of nitriles is 1. The number of pyridine rings is 1. The van der Waals surface area contributed by atoms with E-state index in [1.54, 1.807) is 19.9 Å². The Balaban J connectivity index is 1.42. The van der Waals surface area contributed by atoms with Crippen molar-refractivity contribution in [1.82, 2.24) is 15.0 Å². The molecular formula is C26H28N6O3S2. The first-order valence-electron chi connectivity index (χ1n) is 12.1. The molecule has 0 bridgehead atoms. The smallest absolute Gasteiger partial charge is 0.264 e. The highest BCUT2D eigenvalue weighted by atomic mass is 32.2. The summed E-state index contributed by atoms with van der Waals surface area (Å²) in [5.74, 6) is -0.286. The van der Waals surface area contributed by atoms with Gasteiger partial charge in [0.1, 0.15) is 11.1 Å². The summed E-state index contributed by atoms with van der Waals surface area (Å²) in [6, 6.07) is 11.7. The Bertz CT molecular complexity index is 1440. The van der Waals surface area contributed by atoms with Crippen molar-refractivity contribution in [3.8, 4) is 6.07 Å². The van der Waals surface area contributed by atoms with Gasteiger partial charge in [-0.25, -0.2) is 28.1 Å². The Morgan fingerprint density at radius 2 is 1.81 bits per heavy atom. The molecule has 0 saturated carbocycles. The van der Waals surface area contributed by atoms with Crippen molar-refractivity contribution in [1.29, 1.82) is 5.26 Å². The lowest BCUT2D eigenvalue weighted by Crippen LogP contribution is -2.23. The molecule has 0 radical (unpaired) electrons. The molecule has 1 aromatic carbocycles. The second-order valence-corrected chi connectivity index (χ2v) is 11.9. The number of carbonyl (C=O) groups is 1. The van der Waals surface area contributed by atoms with Gasteiger partial charge in [0.25, 0.3) is 10.0 Å². The fourth-order valence-corrected chi connectivity index (χ4v) is 5.84. The lowest BCUT2D eigenvalue weighted by molar-refractivity contribution is -0.115. The number of aryl methyl sites for hydroxylation is 3. The topological polar surface area (TPSA) is 138 Å². The summed E-state index contributed by atoms with van der Waals surface area (Å²) in [4.78, 5) is 25.6. The van der Waals surface area contributed by atoms with Crippen molar-refractivity contribution >= 4 is 39.3 Å². The van der Waals surface area contributed by atoms with E-state index in [0.717, 1.165) is 36.9 Å². The maximum absolute atomic E-state index is 12.9. The number of benzene rings is 1. The van der Waals surface area contributed by atoms with Crippen molar-refractivity contribution < 1.29 is 13.2 Å². The lowest BCUT2D eigenvalue weighted by Gasteiger charge is -2.17. The lowest BCUT2D eigenvalue weighted by atomic mass is 9.96. The van der Waals surface area contributed by atoms with Gasteiger partial charge in [-0.15, -0.1) is 0 Å². The van der Waals surface area contributed by atoms with Gasteiger partial charge in [-0.3, -0.25) is 4.79 Å². The molecule has 2 N–H and O–H groups in total. The summed E-state index contributed by atoms with van der Waals surface area (Å²) in [7, 11) is -3.88. The maximum atomic E-state index is 12.9. The fourth-order valence-electron chi connectivity index (χ4n) is 4.00. The van der Waals surface area contributed by atoms with Gasteiger partial charge in [0.15, 0.2) is 0 Å². The molecular weight excluding hydrogens is 508 g/mol. The average molecular weight is 537 g/mol. The summed E-state index contributed by atoms with van der Waals surface area (Å²) in [5, 5.41) is 12.5. The second kappa shape index (κ2) is 11.7. The van der Waals surface area contributed by atoms with Crippen LogP contribution in [0.25, 0.3) is 0 Å². The Labute approximate surface area is 221 Å². The zero-order valence-electron chi connectivity index (χ0n) is 20.7. The van der Waals surface area contributed by atoms with Crippen LogP contribution >= 0.6 is 11.8 Å². The molecule has 11 heteroatoms. The van der Waals surface area contributed by atoms with Gasteiger partial charge in [-0.2, -0.15) is 5.26 Å². The zero-order chi connectivity index (χ0) is 26.4. The van der Waals surface area contributed by atoms with E-state index in [2.05, 4.69) is 26.1 Å². The molecule has 37 heavy (non-hydrogen) atoms. The number of thioether (sulfide) groups is 1. The molecule has 2 heterocycles. The number of sulfonamides is 1. The fraction of sp³-hybridized carbons (Fsp3) is 0.346. The number of amides is 1. The first kappa shape index (κ1) is 26.6. The van der Waals surface area contributed by atoms with E-state index in [4.69, 9.17) is 4.98 Å². The molecule has 0 aliphatic heterocycles. The third-order valence-corrected chi connectivity index (χ3v) is 8.44. The molecule has 1 atom stereocenters. The minimum absolute atomic E-state index is 0.0121. The Morgan fingerprint density at radius 1 is 1.08 bits per heavy atom. The third-order valence-electron chi connectivity index (χ3n) is 6.00. The monoisotopic (exact) mass is 536 g/mol. The van der Waals surface area contributed by atoms with Gasteiger partial charge in [0.05, 0.1) is 15.7 Å². The highest BCUT2D eigenvalue weighted by molar-refractivity contribution is 8.00. The number of aromatic nitrogens is 3. The molecule has 0 saturated heterocycles. The maximum Gasteiger partial charge on any atom is 0.264 e. The number of hydrogen-bond donors (Lipinski definition) is 2. The molecule has 3 aromatic rings. The standard InChI is InChI=1S/C26H28N6O3S2/c1-17-13-14-28-26(29-17)32-37(34,35)22-11-9-21(10-12-22)30-24(33)18(2)36-25-20(16-27)15-19-7-5-3-4-6-8-23(19)31-25/h9-15,18H,3-8H2,1-2H3,(H,30,33)(H,28,29,32). The zero-order valence-corrected chi connectivity index (χ0v) is 22.3. The summed E-state index contributed by atoms with van der Waals surface area (Å²) in [5.41, 5.74) is 3.74. The van der Waals surface area contributed by atoms with E-state index in [0.29, 0.717) is 22.0 Å². The van der Waals surface area contributed by atoms with Crippen LogP contribution in [0.15, 0.2) is 52.5 Å². The molecule has 9 nitrogen and oxygen atoms in total. The molecule has 192 valence electrons. The predicted octanol–water partition coefficient (Wildman–Crippen LogP) is 4.63. The van der Waals surface area contributed by atoms with E-state index in [1.807, 2.05) is 6.07 Å². The van der Waals surface area contributed by atoms with E-state index >= 15 is 0 Å². The van der Waals surface area contributed by atoms with Gasteiger partial charge in [0, 0.05) is 23.3 Å². The van der Waals surface area contributed by atoms with Crippen LogP contribution in [0, 0.1) is 18.3 Å². The summed E-state index contributed by atoms with van der Waals surface area (Å²) in [6.45, 7) is 3.49. The number of rotatable bonds is 7. The molecule has 0 fully saturated rings. The highest BCUT2D eigenvalue weighted by Gasteiger charge is 2.21. The van der Waals surface area contributed by atoms with Crippen molar-refractivity contribution in [2.45, 2.75) is 67.5 Å². The van der Waals surface area contributed by atoms with Crippen LogP contribution < -0.4 is 10.0 Å². The van der Waals surface area contributed by atoms with Gasteiger partial charge in [0.2, 0.25) is 11.9 Å². The molecule has 1 unspecified atom stereocenters. The van der Waals surface area contributed by atoms with E-state index in [-0.39, 0.29) is 16.8 Å². The Morgan fingerprint density at radius 3 is 2.51 bits per heavy atom. The number of hydrogen-bond acceptors (Lipinski definition) is 8. The van der Waals surface area contributed by atoms with Gasteiger partial charge in [-0.1, -0.05) is 24.6 Å². The minimum atomic E-state index is -3.88. The SMILES string of the molecule is Cc1ccnc(NS(=O)(=O)c2ccc(NC(=O)C(C)Sc3nc4c(cc3C#N)CCCCCC4)cc2)n1. The van der Waals surface area contributed by atoms with Crippen LogP contribution in [-0.4, -0.2) is 34.5 Å². The number of anilines is 2. The molecule has 1 aliphatic carbocycles. The van der Waals surface area contributed by atoms with Crippen LogP contribution in [-0.2, 0) is 27.7 Å². The minimum Gasteiger partial charge on any atom is -0.325 e. The first-order valence-corrected chi connectivity index (χ1v) is 14.4. The van der Waals surface area contributed by atoms with Crippen LogP contribution in [0.4, 0.5) is 11.6 Å². The molecule has 1 amide bonds. The average Bonchev–Trinajstić information content (AvgIpc) is 2.85. The second-order valence-electron chi connectivity index (χ2n) is 8.87. The van der Waals surface area contributed by atoms with Crippen molar-refractivity contribution in [2.75, 3.05) is 10.0 Å². The molecule has 1 aliphatic rings.